The van der Waals surface area contributed by atoms with Gasteiger partial charge in [-0.05, 0) is 78.6 Å². The van der Waals surface area contributed by atoms with Crippen LogP contribution in [0.5, 0.6) is 0 Å². The quantitative estimate of drug-likeness (QED) is 0.568. The molecule has 0 spiro atoms. The van der Waals surface area contributed by atoms with Crippen molar-refractivity contribution in [3.05, 3.63) is 63.2 Å². The molecule has 0 unspecified atom stereocenters. The second-order valence-electron chi connectivity index (χ2n) is 6.32. The van der Waals surface area contributed by atoms with Crippen molar-refractivity contribution >= 4 is 28.4 Å². The molecule has 1 aliphatic heterocycles. The van der Waals surface area contributed by atoms with E-state index in [1.54, 1.807) is 0 Å². The molecule has 0 saturated heterocycles. The maximum absolute atomic E-state index is 5.00. The molecule has 0 bridgehead atoms. The van der Waals surface area contributed by atoms with Gasteiger partial charge in [0.25, 0.3) is 0 Å². The number of nitrogens with one attached hydrogen (secondary N) is 1. The van der Waals surface area contributed by atoms with Crippen molar-refractivity contribution in [2.45, 2.75) is 26.2 Å². The predicted octanol–water partition coefficient (Wildman–Crippen LogP) is 5.20. The highest BCUT2D eigenvalue weighted by Crippen LogP contribution is 2.34. The highest BCUT2D eigenvalue weighted by Gasteiger charge is 2.21. The Morgan fingerprint density at radius 3 is 2.71 bits per heavy atom. The third-order valence-electron chi connectivity index (χ3n) is 4.49. The van der Waals surface area contributed by atoms with Crippen LogP contribution in [0.25, 0.3) is 16.9 Å². The van der Waals surface area contributed by atoms with Crippen LogP contribution in [0.3, 0.4) is 0 Å². The summed E-state index contributed by atoms with van der Waals surface area (Å²) in [6, 6.07) is 17.2. The predicted molar refractivity (Wildman–Crippen MR) is 108 cm³/mol. The zero-order valence-electron chi connectivity index (χ0n) is 13.7. The van der Waals surface area contributed by atoms with Gasteiger partial charge in [0.05, 0.1) is 11.4 Å². The third kappa shape index (κ3) is 2.95. The molecule has 3 nitrogen and oxygen atoms in total. The zero-order valence-corrected chi connectivity index (χ0v) is 15.9. The molecule has 4 heteroatoms. The molecule has 2 heterocycles. The lowest BCUT2D eigenvalue weighted by Gasteiger charge is -2.09. The maximum atomic E-state index is 5.00. The Morgan fingerprint density at radius 2 is 1.92 bits per heavy atom. The van der Waals surface area contributed by atoms with Crippen LogP contribution in [0.1, 0.15) is 24.0 Å². The van der Waals surface area contributed by atoms with Gasteiger partial charge in [0.15, 0.2) is 0 Å². The Labute approximate surface area is 156 Å². The topological polar surface area (TPSA) is 29.9 Å². The van der Waals surface area contributed by atoms with E-state index in [2.05, 4.69) is 88.0 Å². The summed E-state index contributed by atoms with van der Waals surface area (Å²) in [4.78, 5) is 0. The van der Waals surface area contributed by atoms with Crippen LogP contribution < -0.4 is 5.32 Å². The molecule has 2 aromatic carbocycles. The van der Waals surface area contributed by atoms with Crippen molar-refractivity contribution in [3.8, 4) is 16.9 Å². The van der Waals surface area contributed by atoms with Gasteiger partial charge >= 0.3 is 0 Å². The number of nitrogens with zero attached hydrogens (tertiary/aromatic N) is 2. The average Bonchev–Trinajstić information content (AvgIpc) is 2.77. The van der Waals surface area contributed by atoms with Crippen molar-refractivity contribution in [2.24, 2.45) is 0 Å². The number of anilines is 1. The highest BCUT2D eigenvalue weighted by molar-refractivity contribution is 14.1. The van der Waals surface area contributed by atoms with Gasteiger partial charge in [0.2, 0.25) is 0 Å². The minimum absolute atomic E-state index is 1.01. The van der Waals surface area contributed by atoms with Crippen molar-refractivity contribution in [1.29, 1.82) is 0 Å². The second kappa shape index (κ2) is 6.59. The summed E-state index contributed by atoms with van der Waals surface area (Å²) >= 11 is 2.35. The fraction of sp³-hybridized carbons (Fsp3) is 0.250. The van der Waals surface area contributed by atoms with E-state index in [-0.39, 0.29) is 0 Å². The van der Waals surface area contributed by atoms with Gasteiger partial charge in [-0.15, -0.1) is 0 Å². The van der Waals surface area contributed by atoms with E-state index in [4.69, 9.17) is 5.10 Å². The molecule has 1 N–H and O–H groups in total. The fourth-order valence-corrected chi connectivity index (χ4v) is 3.65. The summed E-state index contributed by atoms with van der Waals surface area (Å²) in [6.07, 6.45) is 3.49. The Kier molecular flexibility index (Phi) is 4.31. The van der Waals surface area contributed by atoms with E-state index < -0.39 is 0 Å². The standard InChI is InChI=1S/C20H20IN3/c1-14-5-4-6-17(13-14)24-20-18(7-2-3-12-22-20)19(23-24)15-8-10-16(21)11-9-15/h4-6,8-11,13,22H,2-3,7,12H2,1H3. The van der Waals surface area contributed by atoms with Crippen molar-refractivity contribution in [3.63, 3.8) is 0 Å². The molecule has 0 aliphatic carbocycles. The summed E-state index contributed by atoms with van der Waals surface area (Å²) in [7, 11) is 0. The van der Waals surface area contributed by atoms with Crippen LogP contribution in [-0.4, -0.2) is 16.3 Å². The molecular weight excluding hydrogens is 409 g/mol. The first-order chi connectivity index (χ1) is 11.7. The summed E-state index contributed by atoms with van der Waals surface area (Å²) in [5, 5.41) is 8.61. The molecule has 4 rings (SSSR count). The number of benzene rings is 2. The Morgan fingerprint density at radius 1 is 1.08 bits per heavy atom. The van der Waals surface area contributed by atoms with E-state index in [1.807, 2.05) is 0 Å². The Hall–Kier alpha value is -1.82. The van der Waals surface area contributed by atoms with Gasteiger partial charge in [0.1, 0.15) is 5.82 Å². The van der Waals surface area contributed by atoms with Gasteiger partial charge < -0.3 is 5.32 Å². The molecule has 0 radical (unpaired) electrons. The van der Waals surface area contributed by atoms with E-state index in [0.29, 0.717) is 0 Å². The molecule has 0 saturated carbocycles. The van der Waals surface area contributed by atoms with Crippen LogP contribution in [0, 0.1) is 10.5 Å². The lowest BCUT2D eigenvalue weighted by Crippen LogP contribution is -2.07. The first kappa shape index (κ1) is 15.7. The largest absolute Gasteiger partial charge is 0.370 e. The van der Waals surface area contributed by atoms with Crippen molar-refractivity contribution in [1.82, 2.24) is 9.78 Å². The van der Waals surface area contributed by atoms with Crippen molar-refractivity contribution < 1.29 is 0 Å². The number of aromatic nitrogens is 2. The van der Waals surface area contributed by atoms with Gasteiger partial charge in [-0.2, -0.15) is 5.10 Å². The van der Waals surface area contributed by atoms with Crippen LogP contribution in [-0.2, 0) is 6.42 Å². The van der Waals surface area contributed by atoms with Gasteiger partial charge in [0, 0.05) is 21.2 Å². The molecule has 122 valence electrons. The van der Waals surface area contributed by atoms with Crippen molar-refractivity contribution in [2.75, 3.05) is 11.9 Å². The number of rotatable bonds is 2. The highest BCUT2D eigenvalue weighted by atomic mass is 127. The number of fused-ring (bicyclic) bond motifs is 1. The SMILES string of the molecule is Cc1cccc(-n2nc(-c3ccc(I)cc3)c3c2NCCCC3)c1. The first-order valence-electron chi connectivity index (χ1n) is 8.41. The molecule has 0 amide bonds. The smallest absolute Gasteiger partial charge is 0.133 e. The van der Waals surface area contributed by atoms with Gasteiger partial charge in [-0.3, -0.25) is 0 Å². The normalized spacial score (nSPS) is 13.9. The minimum Gasteiger partial charge on any atom is -0.370 e. The average molecular weight is 429 g/mol. The van der Waals surface area contributed by atoms with E-state index in [0.717, 1.165) is 30.2 Å². The van der Waals surface area contributed by atoms with Gasteiger partial charge in [-0.25, -0.2) is 4.68 Å². The zero-order chi connectivity index (χ0) is 16.5. The lowest BCUT2D eigenvalue weighted by molar-refractivity contribution is 0.780. The Bertz CT molecular complexity index is 865. The van der Waals surface area contributed by atoms with E-state index in [1.165, 1.54) is 33.1 Å². The Balaban J connectivity index is 1.90. The molecule has 0 atom stereocenters. The number of hydrogen-bond donors (Lipinski definition) is 1. The van der Waals surface area contributed by atoms with Gasteiger partial charge in [-0.1, -0.05) is 24.3 Å². The summed E-state index contributed by atoms with van der Waals surface area (Å²) in [5.41, 5.74) is 6.02. The summed E-state index contributed by atoms with van der Waals surface area (Å²) < 4.78 is 3.33. The number of hydrogen-bond acceptors (Lipinski definition) is 2. The molecule has 24 heavy (non-hydrogen) atoms. The van der Waals surface area contributed by atoms with Crippen LogP contribution in [0.4, 0.5) is 5.82 Å². The van der Waals surface area contributed by atoms with Crippen LogP contribution in [0.15, 0.2) is 48.5 Å². The third-order valence-corrected chi connectivity index (χ3v) is 5.21. The summed E-state index contributed by atoms with van der Waals surface area (Å²) in [5.74, 6) is 1.16. The van der Waals surface area contributed by atoms with E-state index >= 15 is 0 Å². The van der Waals surface area contributed by atoms with Crippen LogP contribution in [0.2, 0.25) is 0 Å². The van der Waals surface area contributed by atoms with E-state index in [9.17, 15) is 0 Å². The molecule has 1 aromatic heterocycles. The first-order valence-corrected chi connectivity index (χ1v) is 9.49. The molecule has 1 aliphatic rings. The maximum Gasteiger partial charge on any atom is 0.133 e. The van der Waals surface area contributed by atoms with Crippen LogP contribution >= 0.6 is 22.6 Å². The number of halogens is 1. The second-order valence-corrected chi connectivity index (χ2v) is 7.56. The lowest BCUT2D eigenvalue weighted by atomic mass is 10.0. The molecule has 3 aromatic rings. The molecular formula is C20H20IN3. The summed E-state index contributed by atoms with van der Waals surface area (Å²) in [6.45, 7) is 3.13. The monoisotopic (exact) mass is 429 g/mol. The minimum atomic E-state index is 1.01. The number of aryl methyl sites for hydroxylation is 1. The molecule has 0 fully saturated rings. The fourth-order valence-electron chi connectivity index (χ4n) is 3.29.